The van der Waals surface area contributed by atoms with E-state index in [-0.39, 0.29) is 31.3 Å². The molecule has 3 amide bonds. The summed E-state index contributed by atoms with van der Waals surface area (Å²) in [5.41, 5.74) is 1.48. The highest BCUT2D eigenvalue weighted by Gasteiger charge is 2.34. The molecule has 0 saturated carbocycles. The number of hydrogen-bond donors (Lipinski definition) is 2. The van der Waals surface area contributed by atoms with Crippen LogP contribution in [0.2, 0.25) is 0 Å². The van der Waals surface area contributed by atoms with E-state index in [2.05, 4.69) is 15.6 Å². The molecule has 0 saturated heterocycles. The molecule has 1 aromatic carbocycles. The summed E-state index contributed by atoms with van der Waals surface area (Å²) in [4.78, 5) is 43.7. The van der Waals surface area contributed by atoms with Gasteiger partial charge in [-0.25, -0.2) is 4.79 Å². The van der Waals surface area contributed by atoms with Crippen molar-refractivity contribution in [2.45, 2.75) is 45.5 Å². The predicted octanol–water partition coefficient (Wildman–Crippen LogP) is 3.58. The van der Waals surface area contributed by atoms with Crippen molar-refractivity contribution in [3.63, 3.8) is 0 Å². The number of alkyl halides is 3. The molecule has 12 heteroatoms. The third-order valence-corrected chi connectivity index (χ3v) is 6.20. The van der Waals surface area contributed by atoms with Gasteiger partial charge in [0.1, 0.15) is 6.61 Å². The molecule has 1 aliphatic heterocycles. The zero-order valence-electron chi connectivity index (χ0n) is 21.4. The summed E-state index contributed by atoms with van der Waals surface area (Å²) in [7, 11) is 1.37. The summed E-state index contributed by atoms with van der Waals surface area (Å²) in [5, 5.41) is 5.38. The van der Waals surface area contributed by atoms with Crippen LogP contribution >= 0.6 is 0 Å². The van der Waals surface area contributed by atoms with Gasteiger partial charge in [0.15, 0.2) is 0 Å². The highest BCUT2D eigenvalue weighted by molar-refractivity contribution is 5.81. The Labute approximate surface area is 219 Å². The van der Waals surface area contributed by atoms with E-state index in [1.807, 2.05) is 30.0 Å². The number of nitrogens with one attached hydrogen (secondary N) is 2. The van der Waals surface area contributed by atoms with Crippen LogP contribution in [0.5, 0.6) is 0 Å². The van der Waals surface area contributed by atoms with E-state index < -0.39 is 30.3 Å². The lowest BCUT2D eigenvalue weighted by Crippen LogP contribution is -2.39. The van der Waals surface area contributed by atoms with Crippen LogP contribution in [0.4, 0.5) is 23.7 Å². The summed E-state index contributed by atoms with van der Waals surface area (Å²) < 4.78 is 45.4. The van der Waals surface area contributed by atoms with Gasteiger partial charge < -0.3 is 25.2 Å². The van der Waals surface area contributed by atoms with Crippen LogP contribution in [0.1, 0.15) is 42.1 Å². The van der Waals surface area contributed by atoms with Crippen LogP contribution in [0, 0.1) is 0 Å². The summed E-state index contributed by atoms with van der Waals surface area (Å²) in [6.07, 6.45) is -2.23. The molecule has 9 nitrogen and oxygen atoms in total. The Bertz CT molecular complexity index is 1140. The van der Waals surface area contributed by atoms with Crippen molar-refractivity contribution in [2.24, 2.45) is 0 Å². The summed E-state index contributed by atoms with van der Waals surface area (Å²) in [5.74, 6) is -0.383. The number of benzene rings is 1. The van der Waals surface area contributed by atoms with Gasteiger partial charge in [0, 0.05) is 38.4 Å². The number of amides is 3. The van der Waals surface area contributed by atoms with Crippen LogP contribution in [0.15, 0.2) is 36.5 Å². The summed E-state index contributed by atoms with van der Waals surface area (Å²) in [6.45, 7) is 2.09. The zero-order chi connectivity index (χ0) is 27.7. The monoisotopic (exact) mass is 535 g/mol. The molecule has 206 valence electrons. The first-order chi connectivity index (χ1) is 18.1. The maximum Gasteiger partial charge on any atom is 0.418 e. The second kappa shape index (κ2) is 13.1. The molecule has 1 aromatic heterocycles. The van der Waals surface area contributed by atoms with Crippen molar-refractivity contribution >= 4 is 23.6 Å². The number of carbonyl (C=O) groups is 3. The second-order valence-electron chi connectivity index (χ2n) is 8.81. The van der Waals surface area contributed by atoms with Crippen LogP contribution in [-0.4, -0.2) is 66.0 Å². The fourth-order valence-corrected chi connectivity index (χ4v) is 4.26. The molecule has 0 radical (unpaired) electrons. The summed E-state index contributed by atoms with van der Waals surface area (Å²) >= 11 is 0. The molecular weight excluding hydrogens is 503 g/mol. The first kappa shape index (κ1) is 28.7. The molecule has 1 aliphatic rings. The number of anilines is 1. The SMILES string of the molecule is CCCC(=O)N1CCc2c(cccc2NCC(=O)N(CCOC(=O)NC)Cc2ncccc2C(F)(F)F)C1. The molecular formula is C26H32F3N5O4. The van der Waals surface area contributed by atoms with E-state index in [1.165, 1.54) is 24.2 Å². The number of rotatable bonds is 10. The van der Waals surface area contributed by atoms with Crippen LogP contribution in [0.3, 0.4) is 0 Å². The van der Waals surface area contributed by atoms with E-state index in [9.17, 15) is 27.6 Å². The number of aromatic nitrogens is 1. The van der Waals surface area contributed by atoms with Gasteiger partial charge in [0.05, 0.1) is 30.9 Å². The quantitative estimate of drug-likeness (QED) is 0.482. The highest BCUT2D eigenvalue weighted by Crippen LogP contribution is 2.31. The minimum atomic E-state index is -4.63. The molecule has 3 rings (SSSR count). The van der Waals surface area contributed by atoms with Crippen molar-refractivity contribution in [2.75, 3.05) is 38.6 Å². The molecule has 2 aromatic rings. The van der Waals surface area contributed by atoms with Crippen LogP contribution < -0.4 is 10.6 Å². The fraction of sp³-hybridized carbons (Fsp3) is 0.462. The molecule has 0 spiro atoms. The van der Waals surface area contributed by atoms with Gasteiger partial charge in [0.2, 0.25) is 11.8 Å². The number of ether oxygens (including phenoxy) is 1. The minimum Gasteiger partial charge on any atom is -0.448 e. The number of pyridine rings is 1. The average Bonchev–Trinajstić information content (AvgIpc) is 2.90. The normalized spacial score (nSPS) is 12.9. The second-order valence-corrected chi connectivity index (χ2v) is 8.81. The molecule has 2 N–H and O–H groups in total. The standard InChI is InChI=1S/C26H32F3N5O4/c1-3-6-23(35)33-12-10-19-18(16-33)7-4-9-21(19)32-15-24(36)34(13-14-38-25(37)30-2)17-22-20(26(27,28)29)8-5-11-31-22/h4-5,7-9,11,32H,3,6,10,12-17H2,1-2H3,(H,30,37). The fourth-order valence-electron chi connectivity index (χ4n) is 4.26. The lowest BCUT2D eigenvalue weighted by atomic mass is 9.97. The van der Waals surface area contributed by atoms with Gasteiger partial charge in [-0.1, -0.05) is 19.1 Å². The van der Waals surface area contributed by atoms with Crippen molar-refractivity contribution in [3.05, 3.63) is 58.9 Å². The van der Waals surface area contributed by atoms with Gasteiger partial charge in [-0.3, -0.25) is 14.6 Å². The van der Waals surface area contributed by atoms with E-state index in [4.69, 9.17) is 4.74 Å². The number of hydrogen-bond acceptors (Lipinski definition) is 6. The van der Waals surface area contributed by atoms with Crippen molar-refractivity contribution in [1.29, 1.82) is 0 Å². The maximum atomic E-state index is 13.5. The molecule has 0 atom stereocenters. The van der Waals surface area contributed by atoms with E-state index in [0.29, 0.717) is 25.9 Å². The van der Waals surface area contributed by atoms with Gasteiger partial charge in [0.25, 0.3) is 0 Å². The Balaban J connectivity index is 1.73. The van der Waals surface area contributed by atoms with Crippen molar-refractivity contribution < 1.29 is 32.3 Å². The lowest BCUT2D eigenvalue weighted by Gasteiger charge is -2.30. The Morgan fingerprint density at radius 3 is 2.68 bits per heavy atom. The predicted molar refractivity (Wildman–Crippen MR) is 134 cm³/mol. The maximum absolute atomic E-state index is 13.5. The number of carbonyl (C=O) groups excluding carboxylic acids is 3. The minimum absolute atomic E-state index is 0.106. The van der Waals surface area contributed by atoms with Gasteiger partial charge >= 0.3 is 12.3 Å². The molecule has 38 heavy (non-hydrogen) atoms. The molecule has 0 fully saturated rings. The van der Waals surface area contributed by atoms with Crippen molar-refractivity contribution in [3.8, 4) is 0 Å². The third kappa shape index (κ3) is 7.59. The topological polar surface area (TPSA) is 104 Å². The number of halogens is 3. The number of alkyl carbamates (subject to hydrolysis) is 1. The van der Waals surface area contributed by atoms with Crippen molar-refractivity contribution in [1.82, 2.24) is 20.1 Å². The Hall–Kier alpha value is -3.83. The van der Waals surface area contributed by atoms with E-state index >= 15 is 0 Å². The van der Waals surface area contributed by atoms with E-state index in [0.717, 1.165) is 29.3 Å². The summed E-state index contributed by atoms with van der Waals surface area (Å²) in [6, 6.07) is 7.70. The first-order valence-electron chi connectivity index (χ1n) is 12.4. The van der Waals surface area contributed by atoms with Crippen LogP contribution in [0.25, 0.3) is 0 Å². The van der Waals surface area contributed by atoms with Gasteiger partial charge in [-0.2, -0.15) is 13.2 Å². The highest BCUT2D eigenvalue weighted by atomic mass is 19.4. The Morgan fingerprint density at radius 2 is 1.97 bits per heavy atom. The van der Waals surface area contributed by atoms with Gasteiger partial charge in [-0.15, -0.1) is 0 Å². The number of nitrogens with zero attached hydrogens (tertiary/aromatic N) is 3. The van der Waals surface area contributed by atoms with E-state index in [1.54, 1.807) is 0 Å². The zero-order valence-corrected chi connectivity index (χ0v) is 21.4. The third-order valence-electron chi connectivity index (χ3n) is 6.20. The smallest absolute Gasteiger partial charge is 0.418 e. The molecule has 2 heterocycles. The largest absolute Gasteiger partial charge is 0.448 e. The molecule has 0 unspecified atom stereocenters. The molecule has 0 bridgehead atoms. The van der Waals surface area contributed by atoms with Crippen LogP contribution in [-0.2, 0) is 40.0 Å². The van der Waals surface area contributed by atoms with Gasteiger partial charge in [-0.05, 0) is 42.2 Å². The number of fused-ring (bicyclic) bond motifs is 1. The Morgan fingerprint density at radius 1 is 1.18 bits per heavy atom. The average molecular weight is 536 g/mol. The first-order valence-corrected chi connectivity index (χ1v) is 12.4. The molecule has 0 aliphatic carbocycles. The lowest BCUT2D eigenvalue weighted by molar-refractivity contribution is -0.140. The Kier molecular flexibility index (Phi) is 9.91.